The van der Waals surface area contributed by atoms with Crippen LogP contribution in [0.5, 0.6) is 0 Å². The van der Waals surface area contributed by atoms with Crippen LogP contribution in [-0.4, -0.2) is 4.40 Å². The average molecular weight is 634 g/mol. The number of fused-ring (bicyclic) bond motifs is 11. The molecule has 240 valence electrons. The molecular weight excluding hydrogens is 591 g/mol. The zero-order valence-electron chi connectivity index (χ0n) is 29.6. The second-order valence-corrected chi connectivity index (χ2v) is 16.5. The van der Waals surface area contributed by atoms with Crippen molar-refractivity contribution >= 4 is 59.6 Å². The number of hydrogen-bond acceptors (Lipinski definition) is 0. The van der Waals surface area contributed by atoms with Gasteiger partial charge in [0.15, 0.2) is 0 Å². The molecule has 49 heavy (non-hydrogen) atoms. The molecule has 8 aromatic rings. The molecule has 2 unspecified atom stereocenters. The number of hydrogen-bond donors (Lipinski definition) is 0. The van der Waals surface area contributed by atoms with Crippen LogP contribution in [0.3, 0.4) is 0 Å². The Labute approximate surface area is 288 Å². The molecule has 2 aliphatic rings. The lowest BCUT2D eigenvalue weighted by atomic mass is 9.67. The van der Waals surface area contributed by atoms with Crippen molar-refractivity contribution in [1.82, 2.24) is 4.40 Å². The predicted octanol–water partition coefficient (Wildman–Crippen LogP) is 13.3. The van der Waals surface area contributed by atoms with Crippen LogP contribution in [0.1, 0.15) is 82.6 Å². The van der Waals surface area contributed by atoms with Crippen LogP contribution in [-0.2, 0) is 10.8 Å². The van der Waals surface area contributed by atoms with Crippen LogP contribution in [0.2, 0.25) is 0 Å². The summed E-state index contributed by atoms with van der Waals surface area (Å²) in [6.07, 6.45) is 9.33. The first-order chi connectivity index (χ1) is 23.5. The lowest BCUT2D eigenvalue weighted by Gasteiger charge is -2.36. The van der Waals surface area contributed by atoms with Crippen molar-refractivity contribution in [2.24, 2.45) is 5.92 Å². The van der Waals surface area contributed by atoms with Gasteiger partial charge in [-0.15, -0.1) is 0 Å². The Morgan fingerprint density at radius 3 is 1.69 bits per heavy atom. The normalized spacial score (nSPS) is 20.0. The number of allylic oxidation sites excluding steroid dienone is 4. The van der Waals surface area contributed by atoms with E-state index in [2.05, 4.69) is 168 Å². The van der Waals surface area contributed by atoms with Gasteiger partial charge in [-0.05, 0) is 114 Å². The third-order valence-corrected chi connectivity index (χ3v) is 12.6. The van der Waals surface area contributed by atoms with Crippen molar-refractivity contribution < 1.29 is 0 Å². The Morgan fingerprint density at radius 1 is 0.531 bits per heavy atom. The van der Waals surface area contributed by atoms with Crippen LogP contribution in [0.15, 0.2) is 115 Å². The van der Waals surface area contributed by atoms with Crippen LogP contribution in [0, 0.1) is 5.92 Å². The number of rotatable bonds is 3. The van der Waals surface area contributed by atoms with E-state index in [4.69, 9.17) is 0 Å². The third kappa shape index (κ3) is 3.82. The minimum Gasteiger partial charge on any atom is -0.308 e. The lowest BCUT2D eigenvalue weighted by molar-refractivity contribution is 0.324. The van der Waals surface area contributed by atoms with E-state index in [-0.39, 0.29) is 10.8 Å². The fourth-order valence-electron chi connectivity index (χ4n) is 9.83. The topological polar surface area (TPSA) is 4.41 Å². The molecule has 0 saturated heterocycles. The highest BCUT2D eigenvalue weighted by atomic mass is 14.9. The fourth-order valence-corrected chi connectivity index (χ4v) is 9.83. The van der Waals surface area contributed by atoms with Gasteiger partial charge in [0.2, 0.25) is 0 Å². The van der Waals surface area contributed by atoms with Crippen molar-refractivity contribution in [3.8, 4) is 11.1 Å². The number of benzene rings is 6. The second-order valence-electron chi connectivity index (χ2n) is 16.5. The molecule has 1 heteroatoms. The highest BCUT2D eigenvalue weighted by Gasteiger charge is 2.51. The van der Waals surface area contributed by atoms with Crippen molar-refractivity contribution in [2.75, 3.05) is 0 Å². The predicted molar refractivity (Wildman–Crippen MR) is 212 cm³/mol. The van der Waals surface area contributed by atoms with E-state index >= 15 is 0 Å². The summed E-state index contributed by atoms with van der Waals surface area (Å²) >= 11 is 0. The van der Waals surface area contributed by atoms with E-state index in [1.54, 1.807) is 0 Å². The molecule has 2 heterocycles. The van der Waals surface area contributed by atoms with Crippen molar-refractivity contribution in [3.05, 3.63) is 138 Å². The summed E-state index contributed by atoms with van der Waals surface area (Å²) in [5.74, 6) is 1.44. The Morgan fingerprint density at radius 2 is 1.12 bits per heavy atom. The molecule has 2 aliphatic carbocycles. The van der Waals surface area contributed by atoms with E-state index in [1.807, 2.05) is 0 Å². The summed E-state index contributed by atoms with van der Waals surface area (Å²) < 4.78 is 2.56. The molecule has 6 aromatic carbocycles. The fraction of sp³-hybridized carbons (Fsp3) is 0.250. The van der Waals surface area contributed by atoms with Crippen LogP contribution in [0.25, 0.3) is 70.8 Å². The first-order valence-corrected chi connectivity index (χ1v) is 18.2. The Hall–Kier alpha value is -4.88. The quantitative estimate of drug-likeness (QED) is 0.182. The van der Waals surface area contributed by atoms with Crippen molar-refractivity contribution in [3.63, 3.8) is 0 Å². The Bertz CT molecular complexity index is 2630. The molecule has 0 bridgehead atoms. The van der Waals surface area contributed by atoms with E-state index < -0.39 is 0 Å². The van der Waals surface area contributed by atoms with Gasteiger partial charge in [0.05, 0.1) is 16.6 Å². The molecule has 0 saturated carbocycles. The van der Waals surface area contributed by atoms with Gasteiger partial charge >= 0.3 is 0 Å². The summed E-state index contributed by atoms with van der Waals surface area (Å²) in [4.78, 5) is 0. The first-order valence-electron chi connectivity index (χ1n) is 18.2. The maximum absolute atomic E-state index is 2.56. The third-order valence-electron chi connectivity index (χ3n) is 12.6. The highest BCUT2D eigenvalue weighted by Crippen LogP contribution is 2.57. The molecule has 0 radical (unpaired) electrons. The maximum Gasteiger partial charge on any atom is 0.0620 e. The number of aromatic nitrogens is 1. The summed E-state index contributed by atoms with van der Waals surface area (Å²) in [6, 6.07) is 36.1. The summed E-state index contributed by atoms with van der Waals surface area (Å²) in [7, 11) is 0. The van der Waals surface area contributed by atoms with E-state index in [9.17, 15) is 0 Å². The van der Waals surface area contributed by atoms with Gasteiger partial charge in [0.25, 0.3) is 0 Å². The van der Waals surface area contributed by atoms with Gasteiger partial charge in [0.1, 0.15) is 0 Å². The minimum atomic E-state index is 0.0301. The van der Waals surface area contributed by atoms with Crippen LogP contribution >= 0.6 is 0 Å². The maximum atomic E-state index is 2.56. The molecule has 0 fully saturated rings. The van der Waals surface area contributed by atoms with Crippen molar-refractivity contribution in [2.45, 2.75) is 71.1 Å². The SMILES string of the molecule is CC(C)c1ccc2cc3c(cc2c1)c1cc(-c2ccc4c(c2)C(C)(C)C2C=CC=CC42C)cc2c4cc5cc(C(C)C)ccc5cc4n3c12. The average Bonchev–Trinajstić information content (AvgIpc) is 3.65. The molecule has 0 N–H and O–H groups in total. The molecule has 0 amide bonds. The molecule has 1 nitrogen and oxygen atoms in total. The van der Waals surface area contributed by atoms with Crippen molar-refractivity contribution in [1.29, 1.82) is 0 Å². The van der Waals surface area contributed by atoms with E-state index in [0.29, 0.717) is 17.8 Å². The molecule has 0 spiro atoms. The highest BCUT2D eigenvalue weighted by molar-refractivity contribution is 6.27. The van der Waals surface area contributed by atoms with Gasteiger partial charge in [0, 0.05) is 27.0 Å². The summed E-state index contributed by atoms with van der Waals surface area (Å²) in [5.41, 5.74) is 12.3. The molecule has 10 rings (SSSR count). The van der Waals surface area contributed by atoms with E-state index in [0.717, 1.165) is 0 Å². The Balaban J connectivity index is 1.30. The van der Waals surface area contributed by atoms with Crippen LogP contribution < -0.4 is 0 Å². The van der Waals surface area contributed by atoms with Gasteiger partial charge < -0.3 is 4.40 Å². The van der Waals surface area contributed by atoms with Gasteiger partial charge in [-0.2, -0.15) is 0 Å². The summed E-state index contributed by atoms with van der Waals surface area (Å²) in [5, 5.41) is 10.6. The smallest absolute Gasteiger partial charge is 0.0620 e. The standard InChI is InChI=1S/C48H43N/c1-27(2)29-11-13-32-25-43-37(20-34(32)18-29)39-22-36(31-15-16-41-42(24-31)47(5,6)45-10-8-9-17-48(41,45)7)23-40-38-21-35-19-30(28(3)4)12-14-33(35)26-44(38)49(43)46(39)40/h8-28,45H,1-7H3. The minimum absolute atomic E-state index is 0.0301. The molecule has 2 aromatic heterocycles. The lowest BCUT2D eigenvalue weighted by Crippen LogP contribution is -2.33. The van der Waals surface area contributed by atoms with Crippen LogP contribution in [0.4, 0.5) is 0 Å². The zero-order chi connectivity index (χ0) is 33.6. The largest absolute Gasteiger partial charge is 0.308 e. The van der Waals surface area contributed by atoms with Gasteiger partial charge in [-0.25, -0.2) is 0 Å². The zero-order valence-corrected chi connectivity index (χ0v) is 29.6. The Kier molecular flexibility index (Phi) is 5.71. The molecule has 0 aliphatic heterocycles. The second kappa shape index (κ2) is 9.63. The summed E-state index contributed by atoms with van der Waals surface area (Å²) in [6.45, 7) is 16.4. The number of nitrogens with zero attached hydrogens (tertiary/aromatic N) is 1. The molecule has 2 atom stereocenters. The van der Waals surface area contributed by atoms with Gasteiger partial charge in [-0.3, -0.25) is 0 Å². The first kappa shape index (κ1) is 29.1. The molecular formula is C48H43N. The monoisotopic (exact) mass is 633 g/mol. The van der Waals surface area contributed by atoms with E-state index in [1.165, 1.54) is 93.0 Å². The van der Waals surface area contributed by atoms with Gasteiger partial charge in [-0.1, -0.05) is 127 Å².